The van der Waals surface area contributed by atoms with E-state index in [0.29, 0.717) is 10.3 Å². The van der Waals surface area contributed by atoms with Crippen molar-refractivity contribution in [3.63, 3.8) is 0 Å². The summed E-state index contributed by atoms with van der Waals surface area (Å²) in [5.41, 5.74) is -1.72. The lowest BCUT2D eigenvalue weighted by molar-refractivity contribution is -0.0542. The van der Waals surface area contributed by atoms with E-state index >= 15 is 0 Å². The predicted molar refractivity (Wildman–Crippen MR) is 107 cm³/mol. The van der Waals surface area contributed by atoms with Gasteiger partial charge in [-0.05, 0) is 6.92 Å². The standard InChI is InChI=1S/C12H18N5O15P3/c1-5-2-17(15-14-5)6-3-16(12(21)13-10(6)20)11-9(19)8(18)7(30-11)4-29-34(25,26)32-35(27,28)31-33(22,23)24/h2-3,7-9,11,18-19H,4H2,1H3,(H,25,26)(H,27,28)(H,13,20,21)(H2,22,23,24)/t7-,8?,9+,11-/m1/s1. The zero-order valence-corrected chi connectivity index (χ0v) is 19.8. The van der Waals surface area contributed by atoms with Crippen LogP contribution in [-0.4, -0.2) is 79.3 Å². The molecule has 23 heteroatoms. The van der Waals surface area contributed by atoms with E-state index in [1.165, 1.54) is 6.20 Å². The quantitative estimate of drug-likeness (QED) is 0.153. The fourth-order valence-electron chi connectivity index (χ4n) is 2.86. The summed E-state index contributed by atoms with van der Waals surface area (Å²) in [6.45, 7) is 0.488. The molecule has 3 rings (SSSR count). The number of H-pyrrole nitrogens is 1. The first-order valence-corrected chi connectivity index (χ1v) is 13.5. The Kier molecular flexibility index (Phi) is 7.81. The molecule has 196 valence electrons. The number of aliphatic hydroxyl groups excluding tert-OH is 2. The molecule has 1 aliphatic rings. The van der Waals surface area contributed by atoms with Gasteiger partial charge in [-0.1, -0.05) is 5.21 Å². The molecule has 1 saturated heterocycles. The number of aliphatic hydroxyl groups is 2. The molecule has 7 N–H and O–H groups in total. The predicted octanol–water partition coefficient (Wildman–Crippen LogP) is -2.61. The summed E-state index contributed by atoms with van der Waals surface area (Å²) >= 11 is 0. The summed E-state index contributed by atoms with van der Waals surface area (Å²) < 4.78 is 52.3. The lowest BCUT2D eigenvalue weighted by Gasteiger charge is -2.19. The van der Waals surface area contributed by atoms with Crippen LogP contribution in [0.5, 0.6) is 0 Å². The van der Waals surface area contributed by atoms with Crippen LogP contribution in [0.1, 0.15) is 11.9 Å². The van der Waals surface area contributed by atoms with Gasteiger partial charge in [0.2, 0.25) is 0 Å². The molecule has 1 fully saturated rings. The summed E-state index contributed by atoms with van der Waals surface area (Å²) in [5.74, 6) is 0. The van der Waals surface area contributed by atoms with Gasteiger partial charge in [-0.25, -0.2) is 23.2 Å². The molecule has 0 radical (unpaired) electrons. The number of hydrogen-bond donors (Lipinski definition) is 7. The molecule has 3 heterocycles. The summed E-state index contributed by atoms with van der Waals surface area (Å²) in [6, 6.07) is 0. The Morgan fingerprint density at radius 1 is 1.06 bits per heavy atom. The zero-order valence-electron chi connectivity index (χ0n) is 17.2. The molecule has 35 heavy (non-hydrogen) atoms. The number of ether oxygens (including phenoxy) is 1. The highest BCUT2D eigenvalue weighted by Gasteiger charge is 2.47. The van der Waals surface area contributed by atoms with Gasteiger partial charge in [0.05, 0.1) is 18.5 Å². The average Bonchev–Trinajstić information content (AvgIpc) is 3.22. The van der Waals surface area contributed by atoms with E-state index < -0.39 is 65.9 Å². The van der Waals surface area contributed by atoms with Crippen molar-refractivity contribution < 1.29 is 61.4 Å². The number of aryl methyl sites for hydroxylation is 1. The van der Waals surface area contributed by atoms with Crippen LogP contribution in [-0.2, 0) is 31.6 Å². The second-order valence-corrected chi connectivity index (χ2v) is 11.3. The SMILES string of the molecule is Cc1cn(-c2cn([C@@H]3O[C@H](COP(=O)(O)OP(=O)(O)OP(=O)(O)O)C(O)[C@@H]3O)c(=O)[nH]c2=O)nn1. The largest absolute Gasteiger partial charge is 0.490 e. The summed E-state index contributed by atoms with van der Waals surface area (Å²) in [7, 11) is -16.9. The molecule has 0 spiro atoms. The number of phosphoric ester groups is 1. The van der Waals surface area contributed by atoms with Crippen LogP contribution in [0.25, 0.3) is 5.69 Å². The normalized spacial score (nSPS) is 26.4. The molecular formula is C12H18N5O15P3. The van der Waals surface area contributed by atoms with Gasteiger partial charge >= 0.3 is 29.2 Å². The molecule has 2 aromatic heterocycles. The van der Waals surface area contributed by atoms with Crippen molar-refractivity contribution >= 4 is 23.5 Å². The van der Waals surface area contributed by atoms with Crippen molar-refractivity contribution in [1.29, 1.82) is 0 Å². The molecule has 6 atom stereocenters. The van der Waals surface area contributed by atoms with Crippen molar-refractivity contribution in [2.75, 3.05) is 6.61 Å². The number of hydrogen-bond acceptors (Lipinski definition) is 13. The van der Waals surface area contributed by atoms with Gasteiger partial charge in [0.15, 0.2) is 6.23 Å². The number of nitrogens with zero attached hydrogens (tertiary/aromatic N) is 4. The maximum atomic E-state index is 12.3. The lowest BCUT2D eigenvalue weighted by Crippen LogP contribution is -2.39. The molecule has 0 aliphatic carbocycles. The van der Waals surface area contributed by atoms with Gasteiger partial charge in [0.25, 0.3) is 5.56 Å². The fraction of sp³-hybridized carbons (Fsp3) is 0.500. The number of rotatable bonds is 9. The first-order valence-electron chi connectivity index (χ1n) is 9.03. The summed E-state index contributed by atoms with van der Waals surface area (Å²) in [4.78, 5) is 62.1. The maximum absolute atomic E-state index is 12.3. The van der Waals surface area contributed by atoms with E-state index in [1.54, 1.807) is 6.92 Å². The van der Waals surface area contributed by atoms with Crippen LogP contribution >= 0.6 is 23.5 Å². The number of aromatic nitrogens is 5. The third-order valence-electron chi connectivity index (χ3n) is 4.23. The molecule has 2 aromatic rings. The van der Waals surface area contributed by atoms with E-state index in [4.69, 9.17) is 19.4 Å². The Hall–Kier alpha value is -1.89. The van der Waals surface area contributed by atoms with Gasteiger partial charge < -0.3 is 34.5 Å². The minimum absolute atomic E-state index is 0.216. The van der Waals surface area contributed by atoms with Gasteiger partial charge in [-0.3, -0.25) is 18.9 Å². The maximum Gasteiger partial charge on any atom is 0.490 e. The molecule has 1 aliphatic heterocycles. The smallest absolute Gasteiger partial charge is 0.387 e. The molecular weight excluding hydrogens is 547 g/mol. The van der Waals surface area contributed by atoms with Crippen molar-refractivity contribution in [2.45, 2.75) is 31.5 Å². The van der Waals surface area contributed by atoms with Crippen LogP contribution in [0.3, 0.4) is 0 Å². The molecule has 0 saturated carbocycles. The summed E-state index contributed by atoms with van der Waals surface area (Å²) in [5, 5.41) is 27.9. The Morgan fingerprint density at radius 2 is 1.71 bits per heavy atom. The number of phosphoric acid groups is 3. The van der Waals surface area contributed by atoms with E-state index in [2.05, 4.69) is 23.5 Å². The highest BCUT2D eigenvalue weighted by Crippen LogP contribution is 2.66. The van der Waals surface area contributed by atoms with E-state index in [9.17, 15) is 38.4 Å². The first kappa shape index (κ1) is 27.7. The second-order valence-electron chi connectivity index (χ2n) is 6.92. The highest BCUT2D eigenvalue weighted by atomic mass is 31.3. The monoisotopic (exact) mass is 565 g/mol. The Labute approximate surface area is 192 Å². The van der Waals surface area contributed by atoms with Crippen LogP contribution in [0.15, 0.2) is 22.0 Å². The molecule has 0 aromatic carbocycles. The van der Waals surface area contributed by atoms with Gasteiger partial charge in [-0.2, -0.15) is 8.62 Å². The second kappa shape index (κ2) is 9.87. The minimum atomic E-state index is -5.78. The molecule has 0 bridgehead atoms. The van der Waals surface area contributed by atoms with Crippen molar-refractivity contribution in [3.8, 4) is 5.69 Å². The minimum Gasteiger partial charge on any atom is -0.387 e. The van der Waals surface area contributed by atoms with E-state index in [0.717, 1.165) is 10.9 Å². The van der Waals surface area contributed by atoms with Gasteiger partial charge in [-0.15, -0.1) is 5.10 Å². The lowest BCUT2D eigenvalue weighted by atomic mass is 10.1. The van der Waals surface area contributed by atoms with Gasteiger partial charge in [0, 0.05) is 6.20 Å². The van der Waals surface area contributed by atoms with Gasteiger partial charge in [0.1, 0.15) is 24.0 Å². The highest BCUT2D eigenvalue weighted by molar-refractivity contribution is 7.66. The molecule has 3 unspecified atom stereocenters. The topological polar surface area (TPSA) is 295 Å². The van der Waals surface area contributed by atoms with Crippen LogP contribution in [0, 0.1) is 6.92 Å². The Morgan fingerprint density at radius 3 is 2.29 bits per heavy atom. The zero-order chi connectivity index (χ0) is 26.3. The summed E-state index contributed by atoms with van der Waals surface area (Å²) in [6.07, 6.45) is -4.71. The van der Waals surface area contributed by atoms with Crippen molar-refractivity contribution in [3.05, 3.63) is 38.9 Å². The first-order chi connectivity index (χ1) is 16.0. The van der Waals surface area contributed by atoms with Crippen LogP contribution < -0.4 is 11.2 Å². The Balaban J connectivity index is 1.76. The molecule has 0 amide bonds. The average molecular weight is 565 g/mol. The van der Waals surface area contributed by atoms with Crippen LogP contribution in [0.4, 0.5) is 0 Å². The number of aromatic amines is 1. The molecule has 20 nitrogen and oxygen atoms in total. The number of nitrogens with one attached hydrogen (secondary N) is 1. The van der Waals surface area contributed by atoms with Crippen LogP contribution in [0.2, 0.25) is 0 Å². The van der Waals surface area contributed by atoms with E-state index in [1.807, 2.05) is 4.98 Å². The van der Waals surface area contributed by atoms with E-state index in [-0.39, 0.29) is 5.69 Å². The third-order valence-corrected chi connectivity index (χ3v) is 8.04. The fourth-order valence-corrected chi connectivity index (χ4v) is 5.89. The van der Waals surface area contributed by atoms with Crippen molar-refractivity contribution in [1.82, 2.24) is 24.5 Å². The Bertz CT molecular complexity index is 1350. The van der Waals surface area contributed by atoms with Crippen molar-refractivity contribution in [2.24, 2.45) is 0 Å². The third kappa shape index (κ3) is 6.87.